The topological polar surface area (TPSA) is 46.3 Å². The molecule has 2 rings (SSSR count). The first-order valence-electron chi connectivity index (χ1n) is 4.72. The van der Waals surface area contributed by atoms with Crippen LogP contribution in [0.3, 0.4) is 0 Å². The van der Waals surface area contributed by atoms with E-state index >= 15 is 0 Å². The van der Waals surface area contributed by atoms with Gasteiger partial charge in [-0.05, 0) is 12.5 Å². The second-order valence-electron chi connectivity index (χ2n) is 3.60. The molecule has 0 aromatic heterocycles. The lowest BCUT2D eigenvalue weighted by Crippen LogP contribution is -2.34. The molecule has 0 saturated carbocycles. The monoisotopic (exact) mass is 246 g/mol. The molecular weight excluding hydrogens is 238 g/mol. The highest BCUT2D eigenvalue weighted by molar-refractivity contribution is 6.34. The molecule has 1 saturated heterocycles. The van der Waals surface area contributed by atoms with Crippen LogP contribution in [0.15, 0.2) is 12.1 Å². The van der Waals surface area contributed by atoms with Gasteiger partial charge < -0.3 is 10.6 Å². The fraction of sp³-hybridized carbons (Fsp3) is 0.300. The molecule has 1 unspecified atom stereocenters. The van der Waals surface area contributed by atoms with Crippen molar-refractivity contribution in [2.75, 3.05) is 11.4 Å². The maximum absolute atomic E-state index is 13.5. The maximum atomic E-state index is 13.5. The molecule has 16 heavy (non-hydrogen) atoms. The van der Waals surface area contributed by atoms with E-state index in [0.29, 0.717) is 19.0 Å². The molecule has 1 fully saturated rings. The molecule has 6 heteroatoms. The number of hydrogen-bond acceptors (Lipinski definition) is 2. The average Bonchev–Trinajstić information content (AvgIpc) is 2.48. The van der Waals surface area contributed by atoms with Crippen molar-refractivity contribution in [1.82, 2.24) is 0 Å². The zero-order chi connectivity index (χ0) is 11.9. The fourth-order valence-corrected chi connectivity index (χ4v) is 2.01. The first kappa shape index (κ1) is 11.3. The van der Waals surface area contributed by atoms with E-state index in [4.69, 9.17) is 17.3 Å². The standard InChI is InChI=1S/C10H9ClF2N2O/c11-6-3-5(12)4-7(13)9(6)15-2-1-8(14)10(15)16/h3-4,8H,1-2,14H2. The van der Waals surface area contributed by atoms with Crippen LogP contribution in [-0.2, 0) is 4.79 Å². The predicted octanol–water partition coefficient (Wildman–Crippen LogP) is 1.68. The van der Waals surface area contributed by atoms with Crippen LogP contribution in [0.1, 0.15) is 6.42 Å². The van der Waals surface area contributed by atoms with Crippen molar-refractivity contribution in [1.29, 1.82) is 0 Å². The number of hydrogen-bond donors (Lipinski definition) is 1. The Labute approximate surface area is 95.8 Å². The smallest absolute Gasteiger partial charge is 0.244 e. The van der Waals surface area contributed by atoms with Gasteiger partial charge in [0.25, 0.3) is 0 Å². The molecular formula is C10H9ClF2N2O. The third-order valence-corrected chi connectivity index (χ3v) is 2.79. The van der Waals surface area contributed by atoms with Gasteiger partial charge in [0.15, 0.2) is 5.82 Å². The van der Waals surface area contributed by atoms with Crippen LogP contribution in [0.2, 0.25) is 5.02 Å². The van der Waals surface area contributed by atoms with Crippen LogP contribution < -0.4 is 10.6 Å². The zero-order valence-electron chi connectivity index (χ0n) is 8.21. The van der Waals surface area contributed by atoms with Gasteiger partial charge in [-0.1, -0.05) is 11.6 Å². The highest BCUT2D eigenvalue weighted by Gasteiger charge is 2.32. The van der Waals surface area contributed by atoms with Crippen molar-refractivity contribution >= 4 is 23.2 Å². The summed E-state index contributed by atoms with van der Waals surface area (Å²) in [6, 6.07) is 1.02. The Bertz CT molecular complexity index is 429. The van der Waals surface area contributed by atoms with Gasteiger partial charge in [0.2, 0.25) is 5.91 Å². The third kappa shape index (κ3) is 1.76. The van der Waals surface area contributed by atoms with Crippen LogP contribution in [0, 0.1) is 11.6 Å². The molecule has 0 aliphatic carbocycles. The quantitative estimate of drug-likeness (QED) is 0.820. The second kappa shape index (κ2) is 3.99. The number of halogens is 3. The summed E-state index contributed by atoms with van der Waals surface area (Å²) in [4.78, 5) is 12.7. The normalized spacial score (nSPS) is 20.6. The number of benzene rings is 1. The van der Waals surface area contributed by atoms with E-state index in [2.05, 4.69) is 0 Å². The number of carbonyl (C=O) groups excluding carboxylic acids is 1. The third-order valence-electron chi connectivity index (χ3n) is 2.50. The Morgan fingerprint density at radius 2 is 2.12 bits per heavy atom. The number of rotatable bonds is 1. The molecule has 1 atom stereocenters. The van der Waals surface area contributed by atoms with Crippen molar-refractivity contribution in [3.8, 4) is 0 Å². The number of anilines is 1. The SMILES string of the molecule is NC1CCN(c2c(F)cc(F)cc2Cl)C1=O. The summed E-state index contributed by atoms with van der Waals surface area (Å²) in [5, 5.41) is -0.125. The maximum Gasteiger partial charge on any atom is 0.244 e. The van der Waals surface area contributed by atoms with Crippen molar-refractivity contribution in [3.63, 3.8) is 0 Å². The first-order chi connectivity index (χ1) is 7.50. The Kier molecular flexibility index (Phi) is 2.82. The van der Waals surface area contributed by atoms with Gasteiger partial charge in [-0.25, -0.2) is 8.78 Å². The van der Waals surface area contributed by atoms with Crippen LogP contribution >= 0.6 is 11.6 Å². The molecule has 86 valence electrons. The fourth-order valence-electron chi connectivity index (χ4n) is 1.72. The minimum atomic E-state index is -0.854. The van der Waals surface area contributed by atoms with E-state index in [1.165, 1.54) is 0 Å². The van der Waals surface area contributed by atoms with Gasteiger partial charge in [-0.2, -0.15) is 0 Å². The Hall–Kier alpha value is -1.20. The van der Waals surface area contributed by atoms with E-state index in [1.54, 1.807) is 0 Å². The lowest BCUT2D eigenvalue weighted by atomic mass is 10.2. The summed E-state index contributed by atoms with van der Waals surface area (Å²) >= 11 is 5.71. The number of nitrogens with zero attached hydrogens (tertiary/aromatic N) is 1. The molecule has 0 bridgehead atoms. The molecule has 0 spiro atoms. The van der Waals surface area contributed by atoms with Crippen molar-refractivity contribution in [2.45, 2.75) is 12.5 Å². The van der Waals surface area contributed by atoms with E-state index in [1.807, 2.05) is 0 Å². The molecule has 1 heterocycles. The van der Waals surface area contributed by atoms with Gasteiger partial charge in [0.05, 0.1) is 16.8 Å². The van der Waals surface area contributed by atoms with Crippen LogP contribution in [0.25, 0.3) is 0 Å². The minimum Gasteiger partial charge on any atom is -0.320 e. The Balaban J connectivity index is 2.45. The molecule has 1 aromatic rings. The first-order valence-corrected chi connectivity index (χ1v) is 5.10. The van der Waals surface area contributed by atoms with E-state index in [-0.39, 0.29) is 10.7 Å². The average molecular weight is 247 g/mol. The van der Waals surface area contributed by atoms with Crippen LogP contribution in [0.5, 0.6) is 0 Å². The molecule has 1 amide bonds. The predicted molar refractivity (Wildman–Crippen MR) is 56.3 cm³/mol. The molecule has 1 aromatic carbocycles. The highest BCUT2D eigenvalue weighted by atomic mass is 35.5. The van der Waals surface area contributed by atoms with Gasteiger partial charge in [-0.15, -0.1) is 0 Å². The Morgan fingerprint density at radius 3 is 2.62 bits per heavy atom. The van der Waals surface area contributed by atoms with Crippen molar-refractivity contribution in [2.24, 2.45) is 5.73 Å². The minimum absolute atomic E-state index is 0.0963. The van der Waals surface area contributed by atoms with Gasteiger partial charge in [0, 0.05) is 12.6 Å². The van der Waals surface area contributed by atoms with E-state index in [0.717, 1.165) is 11.0 Å². The molecule has 1 aliphatic rings. The number of nitrogens with two attached hydrogens (primary N) is 1. The van der Waals surface area contributed by atoms with Crippen LogP contribution in [-0.4, -0.2) is 18.5 Å². The van der Waals surface area contributed by atoms with Crippen molar-refractivity contribution < 1.29 is 13.6 Å². The molecule has 3 nitrogen and oxygen atoms in total. The summed E-state index contributed by atoms with van der Waals surface area (Å²) in [7, 11) is 0. The summed E-state index contributed by atoms with van der Waals surface area (Å²) in [6.45, 7) is 0.294. The molecule has 0 radical (unpaired) electrons. The van der Waals surface area contributed by atoms with Crippen molar-refractivity contribution in [3.05, 3.63) is 28.8 Å². The van der Waals surface area contributed by atoms with E-state index < -0.39 is 23.6 Å². The number of amides is 1. The van der Waals surface area contributed by atoms with Gasteiger partial charge in [-0.3, -0.25) is 4.79 Å². The lowest BCUT2D eigenvalue weighted by molar-refractivity contribution is -0.118. The Morgan fingerprint density at radius 1 is 1.44 bits per heavy atom. The summed E-state index contributed by atoms with van der Waals surface area (Å²) in [6.07, 6.45) is 0.436. The van der Waals surface area contributed by atoms with E-state index in [9.17, 15) is 13.6 Å². The largest absolute Gasteiger partial charge is 0.320 e. The zero-order valence-corrected chi connectivity index (χ0v) is 8.97. The summed E-state index contributed by atoms with van der Waals surface area (Å²) in [5.41, 5.74) is 5.41. The summed E-state index contributed by atoms with van der Waals surface area (Å²) < 4.78 is 26.3. The highest BCUT2D eigenvalue weighted by Crippen LogP contribution is 2.32. The van der Waals surface area contributed by atoms with Gasteiger partial charge >= 0.3 is 0 Å². The lowest BCUT2D eigenvalue weighted by Gasteiger charge is -2.18. The van der Waals surface area contributed by atoms with Gasteiger partial charge in [0.1, 0.15) is 5.82 Å². The molecule has 1 aliphatic heterocycles. The number of carbonyl (C=O) groups is 1. The van der Waals surface area contributed by atoms with Crippen LogP contribution in [0.4, 0.5) is 14.5 Å². The second-order valence-corrected chi connectivity index (χ2v) is 4.01. The molecule has 2 N–H and O–H groups in total. The summed E-state index contributed by atoms with van der Waals surface area (Å²) in [5.74, 6) is -2.03.